The van der Waals surface area contributed by atoms with Gasteiger partial charge in [0.25, 0.3) is 6.02 Å². The number of aryl methyl sites for hydroxylation is 2. The molecule has 3 rings (SSSR count). The fraction of sp³-hybridized carbons (Fsp3) is 0.312. The van der Waals surface area contributed by atoms with Crippen molar-refractivity contribution in [2.24, 2.45) is 10.7 Å². The van der Waals surface area contributed by atoms with Crippen molar-refractivity contribution in [2.75, 3.05) is 11.9 Å². The normalized spacial score (nSPS) is 17.0. The van der Waals surface area contributed by atoms with Crippen molar-refractivity contribution < 1.29 is 4.74 Å². The van der Waals surface area contributed by atoms with Crippen molar-refractivity contribution in [3.63, 3.8) is 0 Å². The zero-order chi connectivity index (χ0) is 15.4. The molecule has 1 atom stereocenters. The lowest BCUT2D eigenvalue weighted by Gasteiger charge is -2.07. The average Bonchev–Trinajstić information content (AvgIpc) is 2.94. The minimum atomic E-state index is 0.179. The Morgan fingerprint density at radius 2 is 1.95 bits per heavy atom. The van der Waals surface area contributed by atoms with Gasteiger partial charge >= 0.3 is 0 Å². The summed E-state index contributed by atoms with van der Waals surface area (Å²) in [5, 5.41) is 3.18. The number of anilines is 2. The van der Waals surface area contributed by atoms with E-state index in [1.807, 2.05) is 19.1 Å². The molecule has 0 amide bonds. The van der Waals surface area contributed by atoms with E-state index in [0.717, 1.165) is 24.1 Å². The third kappa shape index (κ3) is 3.72. The maximum Gasteiger partial charge on any atom is 0.282 e. The van der Waals surface area contributed by atoms with Crippen LogP contribution in [-0.2, 0) is 11.2 Å². The lowest BCUT2D eigenvalue weighted by Crippen LogP contribution is -2.10. The van der Waals surface area contributed by atoms with E-state index in [1.54, 1.807) is 12.4 Å². The van der Waals surface area contributed by atoms with E-state index in [-0.39, 0.29) is 6.04 Å². The van der Waals surface area contributed by atoms with E-state index in [4.69, 9.17) is 10.5 Å². The van der Waals surface area contributed by atoms with Gasteiger partial charge in [0.15, 0.2) is 0 Å². The van der Waals surface area contributed by atoms with Gasteiger partial charge < -0.3 is 15.8 Å². The molecule has 1 aliphatic heterocycles. The lowest BCUT2D eigenvalue weighted by molar-refractivity contribution is 0.308. The number of aliphatic imine (C=N–C) groups is 1. The Morgan fingerprint density at radius 3 is 2.59 bits per heavy atom. The van der Waals surface area contributed by atoms with Crippen molar-refractivity contribution in [1.82, 2.24) is 9.97 Å². The molecule has 0 bridgehead atoms. The molecule has 0 saturated carbocycles. The van der Waals surface area contributed by atoms with Gasteiger partial charge in [-0.3, -0.25) is 0 Å². The number of hydrogen-bond acceptors (Lipinski definition) is 6. The van der Waals surface area contributed by atoms with Crippen LogP contribution in [0.3, 0.4) is 0 Å². The average molecular weight is 297 g/mol. The highest BCUT2D eigenvalue weighted by Crippen LogP contribution is 2.16. The number of nitrogens with two attached hydrogens (primary N) is 1. The number of rotatable bonds is 5. The van der Waals surface area contributed by atoms with E-state index in [9.17, 15) is 0 Å². The predicted octanol–water partition coefficient (Wildman–Crippen LogP) is 2.17. The van der Waals surface area contributed by atoms with Crippen molar-refractivity contribution in [3.05, 3.63) is 47.8 Å². The highest BCUT2D eigenvalue weighted by atomic mass is 16.5. The molecule has 1 aromatic heterocycles. The van der Waals surface area contributed by atoms with Gasteiger partial charge in [0, 0.05) is 18.1 Å². The van der Waals surface area contributed by atoms with Gasteiger partial charge in [-0.2, -0.15) is 0 Å². The Labute approximate surface area is 129 Å². The molecular formula is C16H19N5O. The van der Waals surface area contributed by atoms with E-state index in [2.05, 4.69) is 32.4 Å². The Kier molecular flexibility index (Phi) is 4.18. The first kappa shape index (κ1) is 14.3. The molecular weight excluding hydrogens is 278 g/mol. The summed E-state index contributed by atoms with van der Waals surface area (Å²) in [7, 11) is 0. The van der Waals surface area contributed by atoms with Crippen LogP contribution in [-0.4, -0.2) is 28.6 Å². The number of nitrogens with zero attached hydrogens (tertiary/aromatic N) is 3. The molecule has 6 heteroatoms. The zero-order valence-electron chi connectivity index (χ0n) is 12.5. The Hall–Kier alpha value is -2.63. The molecule has 0 unspecified atom stereocenters. The second kappa shape index (κ2) is 6.43. The van der Waals surface area contributed by atoms with Crippen LogP contribution in [0.1, 0.15) is 17.5 Å². The van der Waals surface area contributed by atoms with E-state index >= 15 is 0 Å². The van der Waals surface area contributed by atoms with Crippen LogP contribution >= 0.6 is 0 Å². The summed E-state index contributed by atoms with van der Waals surface area (Å²) in [4.78, 5) is 12.7. The number of benzene rings is 1. The highest BCUT2D eigenvalue weighted by Gasteiger charge is 2.16. The van der Waals surface area contributed by atoms with E-state index < -0.39 is 0 Å². The summed E-state index contributed by atoms with van der Waals surface area (Å²) in [6, 6.07) is 8.74. The molecule has 0 aliphatic carbocycles. The molecule has 22 heavy (non-hydrogen) atoms. The van der Waals surface area contributed by atoms with Crippen molar-refractivity contribution in [1.29, 1.82) is 0 Å². The fourth-order valence-corrected chi connectivity index (χ4v) is 2.26. The fourth-order valence-electron chi connectivity index (χ4n) is 2.26. The SMILES string of the molecule is Cc1cnc(Nc2ccc(CC[C@H]3COC(N)=N3)cc2)nc1. The largest absolute Gasteiger partial charge is 0.463 e. The first-order chi connectivity index (χ1) is 10.7. The van der Waals surface area contributed by atoms with Crippen molar-refractivity contribution in [3.8, 4) is 0 Å². The molecule has 0 spiro atoms. The van der Waals surface area contributed by atoms with Gasteiger partial charge in [-0.25, -0.2) is 15.0 Å². The molecule has 0 fully saturated rings. The lowest BCUT2D eigenvalue weighted by atomic mass is 10.1. The molecule has 0 saturated heterocycles. The first-order valence-electron chi connectivity index (χ1n) is 7.30. The van der Waals surface area contributed by atoms with E-state index in [1.165, 1.54) is 5.56 Å². The highest BCUT2D eigenvalue weighted by molar-refractivity contribution is 5.73. The van der Waals surface area contributed by atoms with Crippen LogP contribution in [0.2, 0.25) is 0 Å². The summed E-state index contributed by atoms with van der Waals surface area (Å²) in [5.41, 5.74) is 8.78. The Bertz CT molecular complexity index is 651. The number of ether oxygens (including phenoxy) is 1. The van der Waals surface area contributed by atoms with Crippen LogP contribution in [0.5, 0.6) is 0 Å². The monoisotopic (exact) mass is 297 g/mol. The van der Waals surface area contributed by atoms with Crippen molar-refractivity contribution in [2.45, 2.75) is 25.8 Å². The van der Waals surface area contributed by atoms with E-state index in [0.29, 0.717) is 18.6 Å². The summed E-state index contributed by atoms with van der Waals surface area (Å²) < 4.78 is 5.15. The third-order valence-corrected chi connectivity index (χ3v) is 3.49. The van der Waals surface area contributed by atoms with Gasteiger partial charge in [0.05, 0.1) is 6.04 Å². The smallest absolute Gasteiger partial charge is 0.282 e. The second-order valence-electron chi connectivity index (χ2n) is 5.38. The predicted molar refractivity (Wildman–Crippen MR) is 86.2 cm³/mol. The topological polar surface area (TPSA) is 85.4 Å². The molecule has 3 N–H and O–H groups in total. The van der Waals surface area contributed by atoms with Gasteiger partial charge in [-0.05, 0) is 43.0 Å². The van der Waals surface area contributed by atoms with Crippen LogP contribution < -0.4 is 11.1 Å². The van der Waals surface area contributed by atoms with Gasteiger partial charge in [-0.1, -0.05) is 12.1 Å². The molecule has 2 heterocycles. The zero-order valence-corrected chi connectivity index (χ0v) is 12.5. The summed E-state index contributed by atoms with van der Waals surface area (Å²) in [6.07, 6.45) is 5.47. The number of hydrogen-bond donors (Lipinski definition) is 2. The van der Waals surface area contributed by atoms with Gasteiger partial charge in [0.1, 0.15) is 6.61 Å². The van der Waals surface area contributed by atoms with Crippen molar-refractivity contribution >= 4 is 17.7 Å². The number of aromatic nitrogens is 2. The summed E-state index contributed by atoms with van der Waals surface area (Å²) >= 11 is 0. The molecule has 0 radical (unpaired) electrons. The molecule has 1 aliphatic rings. The summed E-state index contributed by atoms with van der Waals surface area (Å²) in [6.45, 7) is 2.56. The molecule has 6 nitrogen and oxygen atoms in total. The number of nitrogens with one attached hydrogen (secondary N) is 1. The molecule has 2 aromatic rings. The number of amidine groups is 1. The molecule has 114 valence electrons. The standard InChI is InChI=1S/C16H19N5O/c1-11-8-18-16(19-9-11)21-13-5-2-12(3-6-13)4-7-14-10-22-15(17)20-14/h2-3,5-6,8-9,14H,4,7,10H2,1H3,(H2,17,20)(H,18,19,21)/t14-/m0/s1. The quantitative estimate of drug-likeness (QED) is 0.883. The summed E-state index contributed by atoms with van der Waals surface area (Å²) in [5.74, 6) is 0.603. The van der Waals surface area contributed by atoms with Gasteiger partial charge in [-0.15, -0.1) is 0 Å². The minimum Gasteiger partial charge on any atom is -0.463 e. The van der Waals surface area contributed by atoms with Crippen LogP contribution in [0, 0.1) is 6.92 Å². The maximum absolute atomic E-state index is 5.50. The Balaban J connectivity index is 1.54. The van der Waals surface area contributed by atoms with Crippen LogP contribution in [0.4, 0.5) is 11.6 Å². The molecule has 1 aromatic carbocycles. The second-order valence-corrected chi connectivity index (χ2v) is 5.38. The Morgan fingerprint density at radius 1 is 1.23 bits per heavy atom. The van der Waals surface area contributed by atoms with Crippen LogP contribution in [0.25, 0.3) is 0 Å². The van der Waals surface area contributed by atoms with Gasteiger partial charge in [0.2, 0.25) is 5.95 Å². The maximum atomic E-state index is 5.50. The minimum absolute atomic E-state index is 0.179. The third-order valence-electron chi connectivity index (χ3n) is 3.49. The first-order valence-corrected chi connectivity index (χ1v) is 7.30. The van der Waals surface area contributed by atoms with Crippen LogP contribution in [0.15, 0.2) is 41.7 Å².